The number of alkyl halides is 1. The van der Waals surface area contributed by atoms with E-state index in [2.05, 4.69) is 15.6 Å². The van der Waals surface area contributed by atoms with Crippen molar-refractivity contribution in [3.63, 3.8) is 0 Å². The van der Waals surface area contributed by atoms with Crippen molar-refractivity contribution in [2.75, 3.05) is 20.3 Å². The van der Waals surface area contributed by atoms with E-state index < -0.39 is 52.8 Å². The molecule has 2 heterocycles. The van der Waals surface area contributed by atoms with E-state index in [4.69, 9.17) is 0 Å². The van der Waals surface area contributed by atoms with E-state index in [0.717, 1.165) is 4.90 Å². The molecule has 3 N–H and O–H groups in total. The van der Waals surface area contributed by atoms with E-state index >= 15 is 0 Å². The van der Waals surface area contributed by atoms with Gasteiger partial charge in [-0.3, -0.25) is 23.7 Å². The predicted molar refractivity (Wildman–Crippen MR) is 123 cm³/mol. The molecule has 1 saturated carbocycles. The average molecular weight is 504 g/mol. The number of aromatic nitrogens is 2. The lowest BCUT2D eigenvalue weighted by atomic mass is 9.94. The van der Waals surface area contributed by atoms with Gasteiger partial charge < -0.3 is 20.6 Å². The molecule has 0 spiro atoms. The van der Waals surface area contributed by atoms with Crippen LogP contribution in [0, 0.1) is 11.7 Å². The minimum absolute atomic E-state index is 0.00197. The number of benzene rings is 1. The van der Waals surface area contributed by atoms with E-state index in [1.165, 1.54) is 35.9 Å². The molecule has 3 amide bonds. The Balaban J connectivity index is 1.67. The van der Waals surface area contributed by atoms with Crippen LogP contribution in [0.15, 0.2) is 29.1 Å². The zero-order valence-corrected chi connectivity index (χ0v) is 19.7. The minimum Gasteiger partial charge on any atom is -0.501 e. The van der Waals surface area contributed by atoms with Crippen molar-refractivity contribution in [2.45, 2.75) is 44.3 Å². The van der Waals surface area contributed by atoms with Crippen LogP contribution in [0.4, 0.5) is 8.78 Å². The number of rotatable bonds is 6. The highest BCUT2D eigenvalue weighted by molar-refractivity contribution is 6.35. The highest BCUT2D eigenvalue weighted by Gasteiger charge is 2.48. The van der Waals surface area contributed by atoms with Crippen LogP contribution in [0.5, 0.6) is 5.75 Å². The fourth-order valence-corrected chi connectivity index (χ4v) is 4.89. The summed E-state index contributed by atoms with van der Waals surface area (Å²) in [6.07, 6.45) is 2.07. The SMILES string of the molecule is CN(CCF)C(=O)C(=O)NC12CCC(CCn3c1nc(C(=O)NCc1ccc(F)cc1)c(O)c3=O)C2. The van der Waals surface area contributed by atoms with Gasteiger partial charge in [0.2, 0.25) is 5.75 Å². The highest BCUT2D eigenvalue weighted by Crippen LogP contribution is 2.45. The fraction of sp³-hybridized carbons (Fsp3) is 0.458. The molecule has 1 fully saturated rings. The molecule has 192 valence electrons. The molecule has 1 aliphatic carbocycles. The van der Waals surface area contributed by atoms with Crippen molar-refractivity contribution in [1.29, 1.82) is 0 Å². The van der Waals surface area contributed by atoms with Gasteiger partial charge in [0.25, 0.3) is 11.5 Å². The first-order valence-electron chi connectivity index (χ1n) is 11.7. The Morgan fingerprint density at radius 2 is 1.97 bits per heavy atom. The first-order chi connectivity index (χ1) is 17.1. The van der Waals surface area contributed by atoms with Crippen molar-refractivity contribution < 1.29 is 28.3 Å². The van der Waals surface area contributed by atoms with Crippen molar-refractivity contribution in [2.24, 2.45) is 5.92 Å². The van der Waals surface area contributed by atoms with Crippen molar-refractivity contribution in [3.05, 3.63) is 57.5 Å². The number of nitrogens with one attached hydrogen (secondary N) is 2. The first-order valence-corrected chi connectivity index (χ1v) is 11.7. The molecule has 2 unspecified atom stereocenters. The molecular weight excluding hydrogens is 476 g/mol. The second-order valence-electron chi connectivity index (χ2n) is 9.25. The van der Waals surface area contributed by atoms with Crippen LogP contribution < -0.4 is 16.2 Å². The molecule has 12 heteroatoms. The molecule has 4 rings (SSSR count). The zero-order valence-electron chi connectivity index (χ0n) is 19.7. The van der Waals surface area contributed by atoms with Crippen LogP contribution >= 0.6 is 0 Å². The molecule has 0 radical (unpaired) electrons. The molecule has 2 atom stereocenters. The second-order valence-corrected chi connectivity index (χ2v) is 9.25. The van der Waals surface area contributed by atoms with Crippen molar-refractivity contribution >= 4 is 17.7 Å². The smallest absolute Gasteiger partial charge is 0.311 e. The van der Waals surface area contributed by atoms with Crippen LogP contribution in [0.3, 0.4) is 0 Å². The zero-order chi connectivity index (χ0) is 26.0. The van der Waals surface area contributed by atoms with Gasteiger partial charge in [0.15, 0.2) is 5.69 Å². The summed E-state index contributed by atoms with van der Waals surface area (Å²) in [5.74, 6) is -3.76. The topological polar surface area (TPSA) is 134 Å². The standard InChI is InChI=1S/C24H27F2N5O5/c1-30(11-9-25)22(36)20(34)29-24-8-6-14(12-24)7-10-31-21(35)18(32)17(28-23(24)31)19(33)27-13-15-2-4-16(26)5-3-15/h2-5,14,32H,6-13H2,1H3,(H,27,33)(H,29,34). The van der Waals surface area contributed by atoms with E-state index in [0.29, 0.717) is 31.2 Å². The van der Waals surface area contributed by atoms with Gasteiger partial charge in [0.1, 0.15) is 18.3 Å². The maximum absolute atomic E-state index is 13.1. The minimum atomic E-state index is -1.21. The average Bonchev–Trinajstić information content (AvgIpc) is 3.19. The lowest BCUT2D eigenvalue weighted by Gasteiger charge is -2.31. The molecule has 10 nitrogen and oxygen atoms in total. The molecule has 36 heavy (non-hydrogen) atoms. The first kappa shape index (κ1) is 25.3. The molecule has 1 aliphatic heterocycles. The second kappa shape index (κ2) is 10.0. The van der Waals surface area contributed by atoms with Gasteiger partial charge >= 0.3 is 11.8 Å². The number of nitrogens with zero attached hydrogens (tertiary/aromatic N) is 3. The molecule has 1 aromatic heterocycles. The predicted octanol–water partition coefficient (Wildman–Crippen LogP) is 0.961. The van der Waals surface area contributed by atoms with E-state index in [-0.39, 0.29) is 31.4 Å². The lowest BCUT2D eigenvalue weighted by molar-refractivity contribution is -0.146. The quantitative estimate of drug-likeness (QED) is 0.503. The molecule has 1 aromatic carbocycles. The Labute approximate surface area is 205 Å². The lowest BCUT2D eigenvalue weighted by Crippen LogP contribution is -2.52. The number of aromatic hydroxyl groups is 1. The maximum Gasteiger partial charge on any atom is 0.311 e. The van der Waals surface area contributed by atoms with Gasteiger partial charge in [-0.25, -0.2) is 13.8 Å². The number of carbonyl (C=O) groups is 3. The molecule has 0 saturated heterocycles. The van der Waals surface area contributed by atoms with Crippen molar-refractivity contribution in [3.8, 4) is 5.75 Å². The Morgan fingerprint density at radius 1 is 1.25 bits per heavy atom. The monoisotopic (exact) mass is 503 g/mol. The summed E-state index contributed by atoms with van der Waals surface area (Å²) in [5.41, 5.74) is -1.94. The van der Waals surface area contributed by atoms with Crippen LogP contribution in [-0.4, -0.2) is 57.5 Å². The van der Waals surface area contributed by atoms with Crippen LogP contribution in [-0.2, 0) is 28.2 Å². The maximum atomic E-state index is 13.1. The number of halogens is 2. The number of amides is 3. The fourth-order valence-electron chi connectivity index (χ4n) is 4.89. The van der Waals surface area contributed by atoms with Gasteiger partial charge in [0.05, 0.1) is 5.54 Å². The van der Waals surface area contributed by atoms with Crippen LogP contribution in [0.1, 0.15) is 47.6 Å². The Kier molecular flexibility index (Phi) is 7.04. The largest absolute Gasteiger partial charge is 0.501 e. The van der Waals surface area contributed by atoms with Crippen LogP contribution in [0.2, 0.25) is 0 Å². The Bertz CT molecular complexity index is 1250. The summed E-state index contributed by atoms with van der Waals surface area (Å²) in [4.78, 5) is 56.5. The number of hydrogen-bond donors (Lipinski definition) is 3. The van der Waals surface area contributed by atoms with Gasteiger partial charge in [-0.1, -0.05) is 12.1 Å². The summed E-state index contributed by atoms with van der Waals surface area (Å²) in [5, 5.41) is 15.8. The van der Waals surface area contributed by atoms with Gasteiger partial charge in [-0.05, 0) is 49.3 Å². The normalized spacial score (nSPS) is 20.2. The summed E-state index contributed by atoms with van der Waals surface area (Å²) in [6.45, 7) is -0.831. The third kappa shape index (κ3) is 4.79. The van der Waals surface area contributed by atoms with Gasteiger partial charge in [-0.15, -0.1) is 0 Å². The number of likely N-dealkylation sites (N-methyl/N-ethyl adjacent to an activating group) is 1. The summed E-state index contributed by atoms with van der Waals surface area (Å²) >= 11 is 0. The Morgan fingerprint density at radius 3 is 2.67 bits per heavy atom. The number of carbonyl (C=O) groups excluding carboxylic acids is 3. The Hall–Kier alpha value is -3.83. The van der Waals surface area contributed by atoms with Crippen LogP contribution in [0.25, 0.3) is 0 Å². The number of fused-ring (bicyclic) bond motifs is 4. The molecule has 2 bridgehead atoms. The van der Waals surface area contributed by atoms with Gasteiger partial charge in [-0.2, -0.15) is 0 Å². The summed E-state index contributed by atoms with van der Waals surface area (Å²) in [7, 11) is 1.31. The third-order valence-corrected chi connectivity index (χ3v) is 6.85. The highest BCUT2D eigenvalue weighted by atomic mass is 19.1. The van der Waals surface area contributed by atoms with E-state index in [9.17, 15) is 33.1 Å². The van der Waals surface area contributed by atoms with E-state index in [1.54, 1.807) is 0 Å². The third-order valence-electron chi connectivity index (χ3n) is 6.85. The van der Waals surface area contributed by atoms with E-state index in [1.807, 2.05) is 0 Å². The number of hydrogen-bond acceptors (Lipinski definition) is 6. The molecule has 2 aromatic rings. The summed E-state index contributed by atoms with van der Waals surface area (Å²) in [6, 6.07) is 5.44. The van der Waals surface area contributed by atoms with Crippen molar-refractivity contribution in [1.82, 2.24) is 25.1 Å². The molecule has 2 aliphatic rings. The summed E-state index contributed by atoms with van der Waals surface area (Å²) < 4.78 is 27.0. The van der Waals surface area contributed by atoms with Gasteiger partial charge in [0, 0.05) is 26.7 Å². The molecular formula is C24H27F2N5O5.